The Morgan fingerprint density at radius 1 is 0.895 bits per heavy atom. The number of carbonyl (C=O) groups excluding carboxylic acids is 2. The molecule has 0 saturated carbocycles. The molecule has 2 aromatic rings. The molecule has 19 heavy (non-hydrogen) atoms. The summed E-state index contributed by atoms with van der Waals surface area (Å²) in [5, 5.41) is 0. The fraction of sp³-hybridized carbons (Fsp3) is 0.0667. The molecule has 2 aromatic carbocycles. The van der Waals surface area contributed by atoms with E-state index in [1.807, 2.05) is 30.3 Å². The van der Waals surface area contributed by atoms with Gasteiger partial charge in [-0.15, -0.1) is 0 Å². The quantitative estimate of drug-likeness (QED) is 0.773. The zero-order valence-electron chi connectivity index (χ0n) is 9.97. The summed E-state index contributed by atoms with van der Waals surface area (Å²) in [5.41, 5.74) is 1.26. The lowest BCUT2D eigenvalue weighted by molar-refractivity contribution is 0.0642. The molecule has 0 saturated heterocycles. The topological polar surface area (TPSA) is 37.4 Å². The first-order chi connectivity index (χ1) is 9.16. The van der Waals surface area contributed by atoms with Gasteiger partial charge < -0.3 is 0 Å². The van der Waals surface area contributed by atoms with E-state index in [0.717, 1.165) is 16.5 Å². The molecule has 3 nitrogen and oxygen atoms in total. The van der Waals surface area contributed by atoms with Crippen molar-refractivity contribution in [1.29, 1.82) is 0 Å². The highest BCUT2D eigenvalue weighted by molar-refractivity contribution is 6.21. The summed E-state index contributed by atoms with van der Waals surface area (Å²) in [6, 6.07) is 12.9. The van der Waals surface area contributed by atoms with Crippen LogP contribution in [0.2, 0.25) is 0 Å². The van der Waals surface area contributed by atoms with Crippen LogP contribution in [0.5, 0.6) is 0 Å². The SMILES string of the molecule is O=C1c2ccc(F)cc2C(=O)N1Cc1ccccc1. The van der Waals surface area contributed by atoms with Crippen LogP contribution in [0.15, 0.2) is 48.5 Å². The lowest BCUT2D eigenvalue weighted by Crippen LogP contribution is -2.29. The van der Waals surface area contributed by atoms with Crippen molar-refractivity contribution >= 4 is 11.8 Å². The van der Waals surface area contributed by atoms with Crippen molar-refractivity contribution in [3.05, 3.63) is 71.0 Å². The molecule has 0 spiro atoms. The third-order valence-electron chi connectivity index (χ3n) is 3.12. The number of amides is 2. The number of carbonyl (C=O) groups is 2. The normalized spacial score (nSPS) is 13.8. The average molecular weight is 255 g/mol. The first-order valence-corrected chi connectivity index (χ1v) is 5.86. The van der Waals surface area contributed by atoms with E-state index in [2.05, 4.69) is 0 Å². The van der Waals surface area contributed by atoms with Gasteiger partial charge in [0.25, 0.3) is 11.8 Å². The predicted molar refractivity (Wildman–Crippen MR) is 67.0 cm³/mol. The highest BCUT2D eigenvalue weighted by atomic mass is 19.1. The molecule has 1 aliphatic rings. The maximum atomic E-state index is 13.1. The van der Waals surface area contributed by atoms with Gasteiger partial charge >= 0.3 is 0 Å². The summed E-state index contributed by atoms with van der Waals surface area (Å²) in [6.45, 7) is 0.203. The fourth-order valence-electron chi connectivity index (χ4n) is 2.17. The number of imide groups is 1. The van der Waals surface area contributed by atoms with Gasteiger partial charge in [0.1, 0.15) is 5.82 Å². The molecule has 3 rings (SSSR count). The van der Waals surface area contributed by atoms with Crippen molar-refractivity contribution in [3.63, 3.8) is 0 Å². The van der Waals surface area contributed by atoms with Gasteiger partial charge in [-0.05, 0) is 23.8 Å². The van der Waals surface area contributed by atoms with E-state index >= 15 is 0 Å². The predicted octanol–water partition coefficient (Wildman–Crippen LogP) is 2.62. The van der Waals surface area contributed by atoms with Crippen molar-refractivity contribution in [2.75, 3.05) is 0 Å². The van der Waals surface area contributed by atoms with Gasteiger partial charge in [0.2, 0.25) is 0 Å². The van der Waals surface area contributed by atoms with Crippen LogP contribution in [0, 0.1) is 5.82 Å². The minimum atomic E-state index is -0.513. The zero-order valence-corrected chi connectivity index (χ0v) is 9.97. The summed E-state index contributed by atoms with van der Waals surface area (Å²) in [6.07, 6.45) is 0. The Labute approximate surface area is 109 Å². The van der Waals surface area contributed by atoms with Crippen molar-refractivity contribution in [1.82, 2.24) is 4.90 Å². The Hall–Kier alpha value is -2.49. The third kappa shape index (κ3) is 1.91. The largest absolute Gasteiger partial charge is 0.270 e. The van der Waals surface area contributed by atoms with Crippen molar-refractivity contribution in [2.45, 2.75) is 6.54 Å². The van der Waals surface area contributed by atoms with Crippen LogP contribution in [-0.2, 0) is 6.54 Å². The van der Waals surface area contributed by atoms with Crippen molar-refractivity contribution in [2.24, 2.45) is 0 Å². The number of nitrogens with zero attached hydrogens (tertiary/aromatic N) is 1. The summed E-state index contributed by atoms with van der Waals surface area (Å²) in [5.74, 6) is -1.33. The van der Waals surface area contributed by atoms with E-state index in [1.165, 1.54) is 12.1 Å². The standard InChI is InChI=1S/C15H10FNO2/c16-11-6-7-12-13(8-11)15(19)17(14(12)18)9-10-4-2-1-3-5-10/h1-8H,9H2. The molecule has 0 bridgehead atoms. The monoisotopic (exact) mass is 255 g/mol. The Kier molecular flexibility index (Phi) is 2.63. The van der Waals surface area contributed by atoms with Gasteiger partial charge in [0, 0.05) is 0 Å². The Morgan fingerprint density at radius 3 is 2.32 bits per heavy atom. The molecule has 0 N–H and O–H groups in total. The van der Waals surface area contributed by atoms with Crippen LogP contribution >= 0.6 is 0 Å². The van der Waals surface area contributed by atoms with Crippen LogP contribution < -0.4 is 0 Å². The highest BCUT2D eigenvalue weighted by Gasteiger charge is 2.35. The van der Waals surface area contributed by atoms with Crippen molar-refractivity contribution in [3.8, 4) is 0 Å². The minimum absolute atomic E-state index is 0.140. The summed E-state index contributed by atoms with van der Waals surface area (Å²) >= 11 is 0. The van der Waals surface area contributed by atoms with E-state index in [0.29, 0.717) is 0 Å². The van der Waals surface area contributed by atoms with E-state index in [9.17, 15) is 14.0 Å². The number of benzene rings is 2. The molecule has 0 fully saturated rings. The van der Waals surface area contributed by atoms with Crippen LogP contribution in [0.4, 0.5) is 4.39 Å². The number of rotatable bonds is 2. The zero-order chi connectivity index (χ0) is 13.4. The van der Waals surface area contributed by atoms with E-state index in [-0.39, 0.29) is 23.6 Å². The van der Waals surface area contributed by atoms with Crippen LogP contribution in [0.1, 0.15) is 26.3 Å². The molecule has 0 radical (unpaired) electrons. The van der Waals surface area contributed by atoms with E-state index < -0.39 is 11.7 Å². The fourth-order valence-corrected chi connectivity index (χ4v) is 2.17. The number of fused-ring (bicyclic) bond motifs is 1. The summed E-state index contributed by atoms with van der Waals surface area (Å²) in [4.78, 5) is 25.3. The molecule has 0 aromatic heterocycles. The summed E-state index contributed by atoms with van der Waals surface area (Å²) in [7, 11) is 0. The molecule has 0 aliphatic carbocycles. The van der Waals surface area contributed by atoms with E-state index in [1.54, 1.807) is 0 Å². The molecule has 4 heteroatoms. The van der Waals surface area contributed by atoms with Gasteiger partial charge in [-0.2, -0.15) is 0 Å². The lowest BCUT2D eigenvalue weighted by atomic mass is 10.1. The number of hydrogen-bond acceptors (Lipinski definition) is 2. The maximum Gasteiger partial charge on any atom is 0.261 e. The van der Waals surface area contributed by atoms with Crippen LogP contribution in [0.25, 0.3) is 0 Å². The molecule has 0 unspecified atom stereocenters. The van der Waals surface area contributed by atoms with Crippen molar-refractivity contribution < 1.29 is 14.0 Å². The molecule has 2 amide bonds. The van der Waals surface area contributed by atoms with Gasteiger partial charge in [0.15, 0.2) is 0 Å². The molecule has 1 aliphatic heterocycles. The second-order valence-corrected chi connectivity index (χ2v) is 4.37. The molecule has 0 atom stereocenters. The highest BCUT2D eigenvalue weighted by Crippen LogP contribution is 2.25. The Bertz CT molecular complexity index is 667. The molecule has 1 heterocycles. The first kappa shape index (κ1) is 11.6. The summed E-state index contributed by atoms with van der Waals surface area (Å²) < 4.78 is 13.1. The van der Waals surface area contributed by atoms with Crippen LogP contribution in [-0.4, -0.2) is 16.7 Å². The average Bonchev–Trinajstić information content (AvgIpc) is 2.65. The Balaban J connectivity index is 1.95. The van der Waals surface area contributed by atoms with Gasteiger partial charge in [0.05, 0.1) is 17.7 Å². The number of hydrogen-bond donors (Lipinski definition) is 0. The smallest absolute Gasteiger partial charge is 0.261 e. The molecular formula is C15H10FNO2. The van der Waals surface area contributed by atoms with Crippen LogP contribution in [0.3, 0.4) is 0 Å². The lowest BCUT2D eigenvalue weighted by Gasteiger charge is -2.13. The minimum Gasteiger partial charge on any atom is -0.270 e. The molecular weight excluding hydrogens is 245 g/mol. The van der Waals surface area contributed by atoms with Gasteiger partial charge in [-0.1, -0.05) is 30.3 Å². The number of halogens is 1. The maximum absolute atomic E-state index is 13.1. The second-order valence-electron chi connectivity index (χ2n) is 4.37. The third-order valence-corrected chi connectivity index (χ3v) is 3.12. The van der Waals surface area contributed by atoms with Gasteiger partial charge in [-0.25, -0.2) is 4.39 Å². The molecule has 94 valence electrons. The Morgan fingerprint density at radius 2 is 1.58 bits per heavy atom. The van der Waals surface area contributed by atoms with Gasteiger partial charge in [-0.3, -0.25) is 14.5 Å². The second kappa shape index (κ2) is 4.31. The first-order valence-electron chi connectivity index (χ1n) is 5.86. The van der Waals surface area contributed by atoms with E-state index in [4.69, 9.17) is 0 Å².